The predicted molar refractivity (Wildman–Crippen MR) is 76.1 cm³/mol. The van der Waals surface area contributed by atoms with Crippen molar-refractivity contribution in [1.29, 1.82) is 0 Å². The minimum Gasteiger partial charge on any atom is -0.497 e. The zero-order valence-corrected chi connectivity index (χ0v) is 12.5. The van der Waals surface area contributed by atoms with Crippen LogP contribution in [0.4, 0.5) is 0 Å². The van der Waals surface area contributed by atoms with Crippen molar-refractivity contribution in [3.63, 3.8) is 0 Å². The molecule has 114 valence electrons. The lowest BCUT2D eigenvalue weighted by atomic mass is 10.1. The van der Waals surface area contributed by atoms with Crippen LogP contribution in [0.1, 0.15) is 37.4 Å². The van der Waals surface area contributed by atoms with E-state index in [4.69, 9.17) is 18.7 Å². The molecule has 0 bridgehead atoms. The molecule has 21 heavy (non-hydrogen) atoms. The van der Waals surface area contributed by atoms with Gasteiger partial charge >= 0.3 is 0 Å². The van der Waals surface area contributed by atoms with Crippen molar-refractivity contribution in [2.45, 2.75) is 26.6 Å². The van der Waals surface area contributed by atoms with Gasteiger partial charge in [0.2, 0.25) is 6.29 Å². The number of nitrogens with zero attached hydrogens (tertiary/aromatic N) is 2. The zero-order chi connectivity index (χ0) is 15.1. The highest BCUT2D eigenvalue weighted by molar-refractivity contribution is 5.28. The van der Waals surface area contributed by atoms with E-state index in [0.717, 1.165) is 11.3 Å². The SMILES string of the molecule is CCOC(OCC)c1nc(Cc2ccc(OC)cc2)no1. The highest BCUT2D eigenvalue weighted by Crippen LogP contribution is 2.18. The topological polar surface area (TPSA) is 66.6 Å². The van der Waals surface area contributed by atoms with Crippen molar-refractivity contribution in [2.24, 2.45) is 0 Å². The summed E-state index contributed by atoms with van der Waals surface area (Å²) in [5, 5.41) is 3.96. The van der Waals surface area contributed by atoms with Crippen LogP contribution in [0.25, 0.3) is 0 Å². The Labute approximate surface area is 124 Å². The van der Waals surface area contributed by atoms with Gasteiger partial charge in [0.15, 0.2) is 5.82 Å². The molecule has 1 heterocycles. The van der Waals surface area contributed by atoms with Crippen molar-refractivity contribution >= 4 is 0 Å². The molecular formula is C15H20N2O4. The molecule has 2 aromatic rings. The average molecular weight is 292 g/mol. The first-order valence-corrected chi connectivity index (χ1v) is 6.95. The number of hydrogen-bond acceptors (Lipinski definition) is 6. The second-order valence-electron chi connectivity index (χ2n) is 4.32. The Hall–Kier alpha value is -1.92. The number of aromatic nitrogens is 2. The minimum atomic E-state index is -0.600. The van der Waals surface area contributed by atoms with E-state index in [0.29, 0.717) is 31.3 Å². The molecule has 0 fully saturated rings. The van der Waals surface area contributed by atoms with Gasteiger partial charge in [0.25, 0.3) is 5.89 Å². The Kier molecular flexibility index (Phi) is 5.71. The summed E-state index contributed by atoms with van der Waals surface area (Å²) in [6.07, 6.45) is -0.0181. The Morgan fingerprint density at radius 2 is 1.76 bits per heavy atom. The summed E-state index contributed by atoms with van der Waals surface area (Å²) in [5.74, 6) is 1.77. The van der Waals surface area contributed by atoms with Gasteiger partial charge in [-0.3, -0.25) is 0 Å². The van der Waals surface area contributed by atoms with Gasteiger partial charge in [-0.25, -0.2) is 0 Å². The Bertz CT molecular complexity index is 533. The molecule has 0 saturated heterocycles. The van der Waals surface area contributed by atoms with Gasteiger partial charge in [-0.2, -0.15) is 4.98 Å². The van der Waals surface area contributed by atoms with E-state index >= 15 is 0 Å². The minimum absolute atomic E-state index is 0.349. The lowest BCUT2D eigenvalue weighted by molar-refractivity contribution is -0.155. The highest BCUT2D eigenvalue weighted by Gasteiger charge is 2.19. The van der Waals surface area contributed by atoms with Crippen LogP contribution in [0.15, 0.2) is 28.8 Å². The van der Waals surface area contributed by atoms with Crippen LogP contribution in [0.2, 0.25) is 0 Å². The van der Waals surface area contributed by atoms with Gasteiger partial charge in [-0.15, -0.1) is 0 Å². The Balaban J connectivity index is 2.04. The molecule has 6 heteroatoms. The first-order chi connectivity index (χ1) is 10.3. The van der Waals surface area contributed by atoms with Gasteiger partial charge in [0.1, 0.15) is 5.75 Å². The smallest absolute Gasteiger partial charge is 0.283 e. The summed E-state index contributed by atoms with van der Waals surface area (Å²) in [5.41, 5.74) is 1.08. The number of rotatable bonds is 8. The van der Waals surface area contributed by atoms with Crippen molar-refractivity contribution in [3.8, 4) is 5.75 Å². The number of methoxy groups -OCH3 is 1. The van der Waals surface area contributed by atoms with Crippen molar-refractivity contribution in [3.05, 3.63) is 41.5 Å². The average Bonchev–Trinajstić information content (AvgIpc) is 2.96. The monoisotopic (exact) mass is 292 g/mol. The summed E-state index contributed by atoms with van der Waals surface area (Å²) in [7, 11) is 1.64. The zero-order valence-electron chi connectivity index (χ0n) is 12.5. The van der Waals surface area contributed by atoms with Gasteiger partial charge < -0.3 is 18.7 Å². The fraction of sp³-hybridized carbons (Fsp3) is 0.467. The second-order valence-corrected chi connectivity index (χ2v) is 4.32. The molecule has 1 aromatic heterocycles. The molecule has 2 rings (SSSR count). The summed E-state index contributed by atoms with van der Waals surface area (Å²) in [6, 6.07) is 7.74. The highest BCUT2D eigenvalue weighted by atomic mass is 16.7. The molecule has 1 aromatic carbocycles. The maximum atomic E-state index is 5.43. The van der Waals surface area contributed by atoms with Crippen molar-refractivity contribution < 1.29 is 18.7 Å². The van der Waals surface area contributed by atoms with Crippen LogP contribution in [0, 0.1) is 0 Å². The molecule has 6 nitrogen and oxygen atoms in total. The van der Waals surface area contributed by atoms with Gasteiger partial charge in [-0.1, -0.05) is 17.3 Å². The molecule has 0 unspecified atom stereocenters. The maximum absolute atomic E-state index is 5.43. The summed E-state index contributed by atoms with van der Waals surface area (Å²) in [4.78, 5) is 4.33. The quantitative estimate of drug-likeness (QED) is 0.697. The molecule has 0 amide bonds. The summed E-state index contributed by atoms with van der Waals surface area (Å²) < 4.78 is 21.2. The van der Waals surface area contributed by atoms with Crippen LogP contribution in [-0.2, 0) is 15.9 Å². The van der Waals surface area contributed by atoms with E-state index in [1.165, 1.54) is 0 Å². The van der Waals surface area contributed by atoms with Crippen molar-refractivity contribution in [2.75, 3.05) is 20.3 Å². The second kappa shape index (κ2) is 7.75. The molecule has 0 aliphatic rings. The van der Waals surface area contributed by atoms with Crippen molar-refractivity contribution in [1.82, 2.24) is 10.1 Å². The predicted octanol–water partition coefficient (Wildman–Crippen LogP) is 2.74. The number of ether oxygens (including phenoxy) is 3. The van der Waals surface area contributed by atoms with E-state index in [1.807, 2.05) is 38.1 Å². The van der Waals surface area contributed by atoms with E-state index < -0.39 is 6.29 Å². The van der Waals surface area contributed by atoms with Gasteiger partial charge in [-0.05, 0) is 31.5 Å². The first kappa shape index (κ1) is 15.5. The number of benzene rings is 1. The maximum Gasteiger partial charge on any atom is 0.283 e. The van der Waals surface area contributed by atoms with Crippen LogP contribution >= 0.6 is 0 Å². The Morgan fingerprint density at radius 1 is 1.10 bits per heavy atom. The molecule has 0 aliphatic heterocycles. The van der Waals surface area contributed by atoms with E-state index in [1.54, 1.807) is 7.11 Å². The van der Waals surface area contributed by atoms with E-state index in [9.17, 15) is 0 Å². The van der Waals surface area contributed by atoms with Gasteiger partial charge in [0.05, 0.1) is 7.11 Å². The van der Waals surface area contributed by atoms with Crippen LogP contribution in [0.5, 0.6) is 5.75 Å². The van der Waals surface area contributed by atoms with Crippen LogP contribution in [0.3, 0.4) is 0 Å². The molecular weight excluding hydrogens is 272 g/mol. The molecule has 0 saturated carbocycles. The van der Waals surface area contributed by atoms with Crippen LogP contribution in [-0.4, -0.2) is 30.5 Å². The first-order valence-electron chi connectivity index (χ1n) is 6.95. The molecule has 0 N–H and O–H groups in total. The largest absolute Gasteiger partial charge is 0.497 e. The number of hydrogen-bond donors (Lipinski definition) is 0. The lowest BCUT2D eigenvalue weighted by Gasteiger charge is -2.11. The molecule has 0 aliphatic carbocycles. The third kappa shape index (κ3) is 4.27. The normalized spacial score (nSPS) is 11.0. The fourth-order valence-corrected chi connectivity index (χ4v) is 1.85. The molecule has 0 atom stereocenters. The van der Waals surface area contributed by atoms with E-state index in [-0.39, 0.29) is 0 Å². The fourth-order valence-electron chi connectivity index (χ4n) is 1.85. The molecule has 0 spiro atoms. The van der Waals surface area contributed by atoms with E-state index in [2.05, 4.69) is 10.1 Å². The summed E-state index contributed by atoms with van der Waals surface area (Å²) in [6.45, 7) is 4.81. The third-order valence-electron chi connectivity index (χ3n) is 2.84. The Morgan fingerprint density at radius 3 is 2.33 bits per heavy atom. The summed E-state index contributed by atoms with van der Waals surface area (Å²) >= 11 is 0. The molecule has 0 radical (unpaired) electrons. The van der Waals surface area contributed by atoms with Crippen LogP contribution < -0.4 is 4.74 Å². The third-order valence-corrected chi connectivity index (χ3v) is 2.84. The standard InChI is InChI=1S/C15H20N2O4/c1-4-19-15(20-5-2)14-16-13(17-21-14)10-11-6-8-12(18-3)9-7-11/h6-9,15H,4-5,10H2,1-3H3. The van der Waals surface area contributed by atoms with Gasteiger partial charge in [0, 0.05) is 19.6 Å². The lowest BCUT2D eigenvalue weighted by Crippen LogP contribution is -2.09.